The lowest BCUT2D eigenvalue weighted by Crippen LogP contribution is -2.40. The maximum atomic E-state index is 13.1. The molecule has 0 unspecified atom stereocenters. The van der Waals surface area contributed by atoms with Gasteiger partial charge in [0, 0.05) is 18.1 Å². The molecule has 0 spiro atoms. The second kappa shape index (κ2) is 7.56. The number of aryl methyl sites for hydroxylation is 2. The molecule has 3 aromatic heterocycles. The zero-order chi connectivity index (χ0) is 20.4. The van der Waals surface area contributed by atoms with Crippen molar-refractivity contribution in [3.05, 3.63) is 64.9 Å². The highest BCUT2D eigenvalue weighted by Crippen LogP contribution is 2.27. The molecule has 4 rings (SSSR count). The van der Waals surface area contributed by atoms with Crippen molar-refractivity contribution in [3.8, 4) is 34.5 Å². The number of nitriles is 1. The first kappa shape index (κ1) is 18.4. The molecule has 0 amide bonds. The van der Waals surface area contributed by atoms with Gasteiger partial charge in [-0.3, -0.25) is 0 Å². The molecule has 0 saturated heterocycles. The average Bonchev–Trinajstić information content (AvgIpc) is 3.23. The molecule has 144 valence electrons. The Morgan fingerprint density at radius 2 is 2.07 bits per heavy atom. The maximum absolute atomic E-state index is 13.1. The topological polar surface area (TPSA) is 108 Å². The molecular weight excluding hydrogens is 370 g/mol. The second-order valence-corrected chi connectivity index (χ2v) is 6.44. The molecule has 0 fully saturated rings. The Labute approximate surface area is 165 Å². The van der Waals surface area contributed by atoms with E-state index in [9.17, 15) is 9.90 Å². The summed E-state index contributed by atoms with van der Waals surface area (Å²) in [4.78, 5) is 17.5. The van der Waals surface area contributed by atoms with Gasteiger partial charge in [-0.2, -0.15) is 19.2 Å². The molecule has 0 bridgehead atoms. The molecule has 8 heteroatoms. The molecule has 0 radical (unpaired) electrons. The summed E-state index contributed by atoms with van der Waals surface area (Å²) in [5, 5.41) is 23.9. The van der Waals surface area contributed by atoms with Crippen molar-refractivity contribution >= 4 is 5.65 Å². The molecule has 0 aliphatic heterocycles. The Bertz CT molecular complexity index is 1300. The van der Waals surface area contributed by atoms with E-state index < -0.39 is 0 Å². The van der Waals surface area contributed by atoms with Crippen molar-refractivity contribution in [2.75, 3.05) is 0 Å². The predicted octanol–water partition coefficient (Wildman–Crippen LogP) is 2.49. The van der Waals surface area contributed by atoms with Crippen LogP contribution in [0.5, 0.6) is 5.88 Å². The third-order valence-electron chi connectivity index (χ3n) is 4.65. The Morgan fingerprint density at radius 1 is 1.24 bits per heavy atom. The van der Waals surface area contributed by atoms with Crippen molar-refractivity contribution in [2.45, 2.75) is 26.3 Å². The number of aromatic nitrogens is 4. The summed E-state index contributed by atoms with van der Waals surface area (Å²) in [6, 6.07) is 14.4. The molecule has 4 aromatic rings. The summed E-state index contributed by atoms with van der Waals surface area (Å²) >= 11 is 0. The van der Waals surface area contributed by atoms with Crippen LogP contribution in [0.25, 0.3) is 28.2 Å². The van der Waals surface area contributed by atoms with Gasteiger partial charge in [-0.25, -0.2) is 4.79 Å². The summed E-state index contributed by atoms with van der Waals surface area (Å²) in [6.07, 6.45) is 2.46. The average molecular weight is 388 g/mol. The first-order valence-electron chi connectivity index (χ1n) is 9.20. The number of nitrogens with zero attached hydrogens (tertiary/aromatic N) is 5. The number of hydrogen-bond acceptors (Lipinski definition) is 6. The van der Waals surface area contributed by atoms with Gasteiger partial charge in [-0.05, 0) is 17.7 Å². The summed E-state index contributed by atoms with van der Waals surface area (Å²) in [5.41, 5.74) is 1.50. The number of fused-ring (bicyclic) bond motifs is 1. The minimum absolute atomic E-state index is 0.146. The molecule has 0 aliphatic carbocycles. The first-order chi connectivity index (χ1) is 14.1. The van der Waals surface area contributed by atoms with Crippen LogP contribution in [0.4, 0.5) is 0 Å². The fourth-order valence-electron chi connectivity index (χ4n) is 3.25. The van der Waals surface area contributed by atoms with Crippen LogP contribution in [0.15, 0.2) is 58.0 Å². The van der Waals surface area contributed by atoms with E-state index in [1.807, 2.05) is 13.0 Å². The van der Waals surface area contributed by atoms with Crippen LogP contribution in [0.3, 0.4) is 0 Å². The molecule has 29 heavy (non-hydrogen) atoms. The Hall–Kier alpha value is -3.99. The normalized spacial score (nSPS) is 10.9. The standard InChI is InChI=1S/C21H17N5O3/c1-2-16-23-19(24-29-16)15-8-5-7-14(13-15)18-20(27)25-11-4-3-9-17(25)26(21(18)28)12-6-10-22/h3-5,7-9,11,13H,2,6,12H2,1H3/p+1. The summed E-state index contributed by atoms with van der Waals surface area (Å²) < 4.78 is 8.20. The molecule has 0 aliphatic rings. The van der Waals surface area contributed by atoms with Gasteiger partial charge in [0.2, 0.25) is 11.7 Å². The Kier molecular flexibility index (Phi) is 4.79. The number of pyridine rings is 1. The van der Waals surface area contributed by atoms with Gasteiger partial charge in [0.1, 0.15) is 6.54 Å². The minimum Gasteiger partial charge on any atom is -0.477 e. The lowest BCUT2D eigenvalue weighted by Gasteiger charge is -2.09. The van der Waals surface area contributed by atoms with E-state index in [1.165, 1.54) is 4.40 Å². The van der Waals surface area contributed by atoms with Crippen LogP contribution in [-0.2, 0) is 13.0 Å². The van der Waals surface area contributed by atoms with Crippen LogP contribution in [-0.4, -0.2) is 19.6 Å². The van der Waals surface area contributed by atoms with Crippen LogP contribution >= 0.6 is 0 Å². The monoisotopic (exact) mass is 388 g/mol. The van der Waals surface area contributed by atoms with Crippen molar-refractivity contribution < 1.29 is 14.2 Å². The predicted molar refractivity (Wildman–Crippen MR) is 104 cm³/mol. The molecule has 1 N–H and O–H groups in total. The zero-order valence-corrected chi connectivity index (χ0v) is 15.7. The molecule has 3 heterocycles. The van der Waals surface area contributed by atoms with Crippen molar-refractivity contribution in [3.63, 3.8) is 0 Å². The molecule has 0 saturated carbocycles. The highest BCUT2D eigenvalue weighted by atomic mass is 16.5. The lowest BCUT2D eigenvalue weighted by atomic mass is 10.0. The van der Waals surface area contributed by atoms with Crippen LogP contribution in [0, 0.1) is 11.3 Å². The van der Waals surface area contributed by atoms with E-state index in [2.05, 4.69) is 16.2 Å². The van der Waals surface area contributed by atoms with Crippen molar-refractivity contribution in [2.24, 2.45) is 0 Å². The van der Waals surface area contributed by atoms with Crippen molar-refractivity contribution in [1.82, 2.24) is 14.5 Å². The molecule has 1 aromatic carbocycles. The van der Waals surface area contributed by atoms with E-state index in [4.69, 9.17) is 9.78 Å². The van der Waals surface area contributed by atoms with E-state index in [-0.39, 0.29) is 30.0 Å². The van der Waals surface area contributed by atoms with Gasteiger partial charge < -0.3 is 9.63 Å². The molecule has 8 nitrogen and oxygen atoms in total. The quantitative estimate of drug-likeness (QED) is 0.526. The van der Waals surface area contributed by atoms with Crippen LogP contribution < -0.4 is 10.1 Å². The lowest BCUT2D eigenvalue weighted by molar-refractivity contribution is -0.679. The van der Waals surface area contributed by atoms with Gasteiger partial charge in [-0.15, -0.1) is 0 Å². The Morgan fingerprint density at radius 3 is 2.83 bits per heavy atom. The number of aromatic hydroxyl groups is 1. The fourth-order valence-corrected chi connectivity index (χ4v) is 3.25. The minimum atomic E-state index is -0.356. The highest BCUT2D eigenvalue weighted by molar-refractivity contribution is 5.72. The van der Waals surface area contributed by atoms with E-state index in [0.29, 0.717) is 34.9 Å². The SMILES string of the molecule is CCc1nc(-c2cccc(-c3c(O)[n+](CCC#N)c4ccccn4c3=O)c2)no1. The third kappa shape index (κ3) is 3.23. The number of rotatable bonds is 5. The highest BCUT2D eigenvalue weighted by Gasteiger charge is 2.25. The number of hydrogen-bond donors (Lipinski definition) is 1. The van der Waals surface area contributed by atoms with Crippen molar-refractivity contribution in [1.29, 1.82) is 5.26 Å². The zero-order valence-electron chi connectivity index (χ0n) is 15.7. The molecule has 0 atom stereocenters. The van der Waals surface area contributed by atoms with Gasteiger partial charge in [0.15, 0.2) is 5.56 Å². The van der Waals surface area contributed by atoms with Gasteiger partial charge in [0.25, 0.3) is 11.5 Å². The van der Waals surface area contributed by atoms with E-state index in [1.54, 1.807) is 47.2 Å². The van der Waals surface area contributed by atoms with Gasteiger partial charge in [0.05, 0.1) is 18.7 Å². The smallest absolute Gasteiger partial charge is 0.354 e. The number of benzene rings is 1. The Balaban J connectivity index is 1.93. The first-order valence-corrected chi connectivity index (χ1v) is 9.20. The van der Waals surface area contributed by atoms with Gasteiger partial charge in [-0.1, -0.05) is 36.3 Å². The van der Waals surface area contributed by atoms with E-state index in [0.717, 1.165) is 0 Å². The second-order valence-electron chi connectivity index (χ2n) is 6.44. The van der Waals surface area contributed by atoms with E-state index >= 15 is 0 Å². The summed E-state index contributed by atoms with van der Waals surface area (Å²) in [7, 11) is 0. The van der Waals surface area contributed by atoms with Crippen LogP contribution in [0.2, 0.25) is 0 Å². The third-order valence-corrected chi connectivity index (χ3v) is 4.65. The van der Waals surface area contributed by atoms with Crippen LogP contribution in [0.1, 0.15) is 19.2 Å². The summed E-state index contributed by atoms with van der Waals surface area (Å²) in [6.45, 7) is 2.18. The summed E-state index contributed by atoms with van der Waals surface area (Å²) in [5.74, 6) is 0.755. The van der Waals surface area contributed by atoms with Gasteiger partial charge >= 0.3 is 5.56 Å². The molecular formula is C21H18N5O3+. The largest absolute Gasteiger partial charge is 0.477 e. The maximum Gasteiger partial charge on any atom is 0.354 e. The fraction of sp³-hybridized carbons (Fsp3) is 0.190.